The first-order chi connectivity index (χ1) is 7.74. The third kappa shape index (κ3) is 3.08. The van der Waals surface area contributed by atoms with Crippen molar-refractivity contribution in [2.45, 2.75) is 26.3 Å². The first-order valence-corrected chi connectivity index (χ1v) is 5.83. The number of benzene rings is 1. The van der Waals surface area contributed by atoms with E-state index in [1.54, 1.807) is 7.05 Å². The maximum atomic E-state index is 5.78. The number of hydrogen-bond acceptors (Lipinski definition) is 3. The second-order valence-electron chi connectivity index (χ2n) is 3.86. The van der Waals surface area contributed by atoms with E-state index in [1.165, 1.54) is 11.0 Å². The summed E-state index contributed by atoms with van der Waals surface area (Å²) >= 11 is 0. The fourth-order valence-electron chi connectivity index (χ4n) is 1.88. The smallest absolute Gasteiger partial charge is 0.324 e. The zero-order valence-electron chi connectivity index (χ0n) is 10.4. The Morgan fingerprint density at radius 2 is 2.06 bits per heavy atom. The van der Waals surface area contributed by atoms with Gasteiger partial charge in [0.1, 0.15) is 0 Å². The minimum absolute atomic E-state index is 0.283. The van der Waals surface area contributed by atoms with Crippen LogP contribution in [0.2, 0.25) is 6.82 Å². The Morgan fingerprint density at radius 1 is 1.44 bits per heavy atom. The molecule has 88 valence electrons. The predicted molar refractivity (Wildman–Crippen MR) is 69.9 cm³/mol. The molecule has 0 spiro atoms. The number of rotatable bonds is 2. The van der Waals surface area contributed by atoms with Crippen molar-refractivity contribution >= 4 is 12.4 Å². The summed E-state index contributed by atoms with van der Waals surface area (Å²) in [4.78, 5) is 0. The molecule has 0 aromatic heterocycles. The van der Waals surface area contributed by atoms with Gasteiger partial charge in [-0.05, 0) is 24.5 Å². The van der Waals surface area contributed by atoms with E-state index in [-0.39, 0.29) is 6.92 Å². The van der Waals surface area contributed by atoms with Crippen molar-refractivity contribution in [2.24, 2.45) is 5.73 Å². The molecule has 0 radical (unpaired) electrons. The molecule has 0 amide bonds. The Labute approximate surface area is 98.5 Å². The molecule has 0 saturated heterocycles. The third-order valence-corrected chi connectivity index (χ3v) is 2.72. The first-order valence-electron chi connectivity index (χ1n) is 5.83. The van der Waals surface area contributed by atoms with Gasteiger partial charge in [0.15, 0.2) is 0 Å². The van der Waals surface area contributed by atoms with Crippen molar-refractivity contribution in [2.75, 3.05) is 13.7 Å². The van der Waals surface area contributed by atoms with Crippen LogP contribution in [0.15, 0.2) is 24.3 Å². The van der Waals surface area contributed by atoms with Crippen LogP contribution < -0.4 is 16.5 Å². The highest BCUT2D eigenvalue weighted by atomic mass is 16.5. The van der Waals surface area contributed by atoms with E-state index in [9.17, 15) is 0 Å². The van der Waals surface area contributed by atoms with Crippen molar-refractivity contribution in [3.63, 3.8) is 0 Å². The highest BCUT2D eigenvalue weighted by Crippen LogP contribution is 2.26. The Balaban J connectivity index is 0.000000280. The lowest BCUT2D eigenvalue weighted by molar-refractivity contribution is 0.221. The molecule has 0 aliphatic carbocycles. The molecule has 0 saturated carbocycles. The summed E-state index contributed by atoms with van der Waals surface area (Å²) in [6.45, 7) is 5.14. The summed E-state index contributed by atoms with van der Waals surface area (Å²) in [6.07, 6.45) is 1.40. The fraction of sp³-hybridized carbons (Fsp3) is 0.500. The maximum Gasteiger partial charge on any atom is 0.324 e. The van der Waals surface area contributed by atoms with Crippen LogP contribution in [0.1, 0.15) is 25.0 Å². The molecule has 16 heavy (non-hydrogen) atoms. The molecule has 1 aliphatic heterocycles. The van der Waals surface area contributed by atoms with Crippen LogP contribution in [0, 0.1) is 0 Å². The average molecular weight is 220 g/mol. The van der Waals surface area contributed by atoms with Crippen LogP contribution in [-0.2, 0) is 4.65 Å². The van der Waals surface area contributed by atoms with Gasteiger partial charge in [-0.25, -0.2) is 0 Å². The number of hydrogen-bond donors (Lipinski definition) is 2. The third-order valence-electron chi connectivity index (χ3n) is 2.72. The molecule has 3 N–H and O–H groups in total. The van der Waals surface area contributed by atoms with Gasteiger partial charge in [0, 0.05) is 6.67 Å². The van der Waals surface area contributed by atoms with Gasteiger partial charge < -0.3 is 15.7 Å². The number of fused-ring (bicyclic) bond motifs is 1. The monoisotopic (exact) mass is 220 g/mol. The Kier molecular flexibility index (Phi) is 5.53. The molecule has 3 nitrogen and oxygen atoms in total. The average Bonchev–Trinajstić information content (AvgIpc) is 2.67. The molecule has 0 fully saturated rings. The van der Waals surface area contributed by atoms with Crippen LogP contribution in [0.4, 0.5) is 0 Å². The Hall–Kier alpha value is -0.835. The second-order valence-corrected chi connectivity index (χ2v) is 3.86. The van der Waals surface area contributed by atoms with Gasteiger partial charge >= 0.3 is 6.92 Å². The van der Waals surface area contributed by atoms with Crippen LogP contribution >= 0.6 is 0 Å². The normalized spacial score (nSPS) is 17.8. The van der Waals surface area contributed by atoms with Crippen molar-refractivity contribution in [3.05, 3.63) is 29.8 Å². The molecule has 0 bridgehead atoms. The van der Waals surface area contributed by atoms with Gasteiger partial charge in [0.2, 0.25) is 0 Å². The van der Waals surface area contributed by atoms with Crippen molar-refractivity contribution in [1.82, 2.24) is 5.32 Å². The first kappa shape index (κ1) is 13.2. The SMILES string of the molecule is CC[C@@H]1OB(C)c2ccccc21.CNCN. The topological polar surface area (TPSA) is 47.3 Å². The van der Waals surface area contributed by atoms with Gasteiger partial charge in [-0.3, -0.25) is 0 Å². The lowest BCUT2D eigenvalue weighted by Crippen LogP contribution is -2.23. The molecule has 1 aliphatic rings. The van der Waals surface area contributed by atoms with Crippen LogP contribution in [0.25, 0.3) is 0 Å². The van der Waals surface area contributed by atoms with Crippen LogP contribution in [0.3, 0.4) is 0 Å². The minimum Gasteiger partial charge on any atom is -0.424 e. The van der Waals surface area contributed by atoms with E-state index >= 15 is 0 Å². The second kappa shape index (κ2) is 6.68. The van der Waals surface area contributed by atoms with Gasteiger partial charge in [-0.2, -0.15) is 0 Å². The summed E-state index contributed by atoms with van der Waals surface area (Å²) < 4.78 is 5.78. The summed E-state index contributed by atoms with van der Waals surface area (Å²) in [5, 5.41) is 2.71. The van der Waals surface area contributed by atoms with E-state index in [4.69, 9.17) is 10.4 Å². The van der Waals surface area contributed by atoms with Crippen molar-refractivity contribution in [3.8, 4) is 0 Å². The van der Waals surface area contributed by atoms with Crippen molar-refractivity contribution in [1.29, 1.82) is 0 Å². The van der Waals surface area contributed by atoms with Gasteiger partial charge in [0.05, 0.1) is 6.10 Å². The Bertz CT molecular complexity index is 318. The summed E-state index contributed by atoms with van der Waals surface area (Å²) in [5.74, 6) is 0. The van der Waals surface area contributed by atoms with Crippen LogP contribution in [-0.4, -0.2) is 20.6 Å². The van der Waals surface area contributed by atoms with E-state index in [0.717, 1.165) is 6.42 Å². The summed E-state index contributed by atoms with van der Waals surface area (Å²) in [7, 11) is 1.81. The lowest BCUT2D eigenvalue weighted by Gasteiger charge is -2.08. The fourth-order valence-corrected chi connectivity index (χ4v) is 1.88. The molecular formula is C12H21BN2O. The number of nitrogens with one attached hydrogen (secondary N) is 1. The highest BCUT2D eigenvalue weighted by Gasteiger charge is 2.29. The zero-order valence-corrected chi connectivity index (χ0v) is 10.4. The molecule has 1 aromatic carbocycles. The molecule has 1 atom stereocenters. The standard InChI is InChI=1S/C10H13BO.C2H8N2/c1-3-10-8-6-4-5-7-9(8)11(2)12-10;1-4-2-3/h4-7,10H,3H2,1-2H3;4H,2-3H2,1H3/t10-;/m0./s1. The minimum atomic E-state index is 0.283. The van der Waals surface area contributed by atoms with E-state index in [0.29, 0.717) is 12.8 Å². The molecule has 0 unspecified atom stereocenters. The van der Waals surface area contributed by atoms with Gasteiger partial charge in [0.25, 0.3) is 0 Å². The van der Waals surface area contributed by atoms with Crippen LogP contribution in [0.5, 0.6) is 0 Å². The zero-order chi connectivity index (χ0) is 12.0. The van der Waals surface area contributed by atoms with Crippen molar-refractivity contribution < 1.29 is 4.65 Å². The van der Waals surface area contributed by atoms with E-state index < -0.39 is 0 Å². The van der Waals surface area contributed by atoms with E-state index in [2.05, 4.69) is 43.3 Å². The molecular weight excluding hydrogens is 199 g/mol. The van der Waals surface area contributed by atoms with Gasteiger partial charge in [-0.15, -0.1) is 0 Å². The molecule has 4 heteroatoms. The highest BCUT2D eigenvalue weighted by molar-refractivity contribution is 6.67. The lowest BCUT2D eigenvalue weighted by atomic mass is 9.64. The maximum absolute atomic E-state index is 5.78. The summed E-state index contributed by atoms with van der Waals surface area (Å²) in [6, 6.07) is 8.50. The molecule has 1 aromatic rings. The van der Waals surface area contributed by atoms with Gasteiger partial charge in [-0.1, -0.05) is 38.0 Å². The quantitative estimate of drug-likeness (QED) is 0.580. The summed E-state index contributed by atoms with van der Waals surface area (Å²) in [5.41, 5.74) is 7.66. The molecule has 1 heterocycles. The van der Waals surface area contributed by atoms with E-state index in [1.807, 2.05) is 0 Å². The number of nitrogens with two attached hydrogens (primary N) is 1. The Morgan fingerprint density at radius 3 is 2.62 bits per heavy atom. The molecule has 2 rings (SSSR count). The predicted octanol–water partition coefficient (Wildman–Crippen LogP) is 1.12. The largest absolute Gasteiger partial charge is 0.424 e.